The SMILES string of the molecule is CC(=O)c1c(C)nn(CCC(=O)N[C@H](C)c2nc(C3CC3)no2)c1C. The van der Waals surface area contributed by atoms with Crippen molar-refractivity contribution in [1.29, 1.82) is 0 Å². The van der Waals surface area contributed by atoms with Crippen molar-refractivity contribution in [1.82, 2.24) is 25.2 Å². The Morgan fingerprint density at radius 3 is 2.68 bits per heavy atom. The lowest BCUT2D eigenvalue weighted by molar-refractivity contribution is -0.122. The van der Waals surface area contributed by atoms with Crippen LogP contribution in [0.2, 0.25) is 0 Å². The van der Waals surface area contributed by atoms with Crippen molar-refractivity contribution in [3.63, 3.8) is 0 Å². The van der Waals surface area contributed by atoms with Crippen LogP contribution < -0.4 is 5.32 Å². The van der Waals surface area contributed by atoms with Crippen molar-refractivity contribution in [2.45, 2.75) is 65.5 Å². The zero-order valence-corrected chi connectivity index (χ0v) is 15.0. The molecule has 0 saturated heterocycles. The Balaban J connectivity index is 1.55. The van der Waals surface area contributed by atoms with E-state index in [0.29, 0.717) is 29.6 Å². The molecule has 1 aliphatic rings. The third kappa shape index (κ3) is 3.78. The fraction of sp³-hybridized carbons (Fsp3) is 0.588. The molecule has 0 aliphatic heterocycles. The minimum absolute atomic E-state index is 0.0119. The first kappa shape index (κ1) is 17.3. The van der Waals surface area contributed by atoms with E-state index in [1.165, 1.54) is 6.92 Å². The summed E-state index contributed by atoms with van der Waals surface area (Å²) in [5.74, 6) is 1.44. The van der Waals surface area contributed by atoms with Crippen LogP contribution in [0.4, 0.5) is 0 Å². The Labute approximate surface area is 146 Å². The first-order valence-corrected chi connectivity index (χ1v) is 8.54. The monoisotopic (exact) mass is 345 g/mol. The molecule has 0 aromatic carbocycles. The Kier molecular flexibility index (Phi) is 4.69. The molecule has 8 heteroatoms. The lowest BCUT2D eigenvalue weighted by Crippen LogP contribution is -2.28. The van der Waals surface area contributed by atoms with Gasteiger partial charge in [-0.15, -0.1) is 0 Å². The average molecular weight is 345 g/mol. The van der Waals surface area contributed by atoms with Crippen molar-refractivity contribution in [2.75, 3.05) is 0 Å². The number of hydrogen-bond donors (Lipinski definition) is 1. The van der Waals surface area contributed by atoms with Crippen molar-refractivity contribution < 1.29 is 14.1 Å². The number of ketones is 1. The molecule has 1 N–H and O–H groups in total. The number of aromatic nitrogens is 4. The van der Waals surface area contributed by atoms with Crippen LogP contribution in [-0.2, 0) is 11.3 Å². The zero-order chi connectivity index (χ0) is 18.1. The summed E-state index contributed by atoms with van der Waals surface area (Å²) in [7, 11) is 0. The Morgan fingerprint density at radius 1 is 1.36 bits per heavy atom. The molecule has 1 fully saturated rings. The third-order valence-electron chi connectivity index (χ3n) is 4.43. The second-order valence-corrected chi connectivity index (χ2v) is 6.63. The van der Waals surface area contributed by atoms with Gasteiger partial charge in [0.2, 0.25) is 11.8 Å². The minimum atomic E-state index is -0.333. The van der Waals surface area contributed by atoms with E-state index < -0.39 is 0 Å². The highest BCUT2D eigenvalue weighted by molar-refractivity contribution is 5.96. The first-order valence-electron chi connectivity index (χ1n) is 8.54. The topological polar surface area (TPSA) is 103 Å². The maximum atomic E-state index is 12.2. The Hall–Kier alpha value is -2.51. The van der Waals surface area contributed by atoms with E-state index in [9.17, 15) is 9.59 Å². The lowest BCUT2D eigenvalue weighted by Gasteiger charge is -2.10. The molecular weight excluding hydrogens is 322 g/mol. The van der Waals surface area contributed by atoms with Crippen LogP contribution in [0.1, 0.15) is 78.5 Å². The molecule has 2 aromatic heterocycles. The van der Waals surface area contributed by atoms with Crippen molar-refractivity contribution in [2.24, 2.45) is 0 Å². The summed E-state index contributed by atoms with van der Waals surface area (Å²) in [5.41, 5.74) is 2.11. The molecule has 0 bridgehead atoms. The van der Waals surface area contributed by atoms with Gasteiger partial charge in [-0.1, -0.05) is 5.16 Å². The van der Waals surface area contributed by atoms with Crippen LogP contribution in [0.3, 0.4) is 0 Å². The smallest absolute Gasteiger partial charge is 0.248 e. The quantitative estimate of drug-likeness (QED) is 0.772. The standard InChI is InChI=1S/C17H23N5O3/c1-9-15(12(4)23)11(3)22(20-9)8-7-14(24)18-10(2)17-19-16(21-25-17)13-5-6-13/h10,13H,5-8H2,1-4H3,(H,18,24)/t10-/m1/s1. The molecule has 0 spiro atoms. The number of carbonyl (C=O) groups is 2. The van der Waals surface area contributed by atoms with Crippen LogP contribution in [-0.4, -0.2) is 31.6 Å². The zero-order valence-electron chi connectivity index (χ0n) is 15.0. The fourth-order valence-corrected chi connectivity index (χ4v) is 2.94. The second-order valence-electron chi connectivity index (χ2n) is 6.63. The van der Waals surface area contributed by atoms with E-state index in [4.69, 9.17) is 4.52 Å². The van der Waals surface area contributed by atoms with Gasteiger partial charge in [-0.3, -0.25) is 14.3 Å². The normalized spacial score (nSPS) is 15.2. The lowest BCUT2D eigenvalue weighted by atomic mass is 10.1. The highest BCUT2D eigenvalue weighted by Crippen LogP contribution is 2.38. The Morgan fingerprint density at radius 2 is 2.08 bits per heavy atom. The molecule has 134 valence electrons. The van der Waals surface area contributed by atoms with Crippen molar-refractivity contribution in [3.05, 3.63) is 28.7 Å². The highest BCUT2D eigenvalue weighted by Gasteiger charge is 2.29. The van der Waals surface area contributed by atoms with Gasteiger partial charge >= 0.3 is 0 Å². The van der Waals surface area contributed by atoms with Gasteiger partial charge in [-0.05, 0) is 40.5 Å². The van der Waals surface area contributed by atoms with E-state index in [1.54, 1.807) is 11.6 Å². The van der Waals surface area contributed by atoms with Crippen LogP contribution in [0.5, 0.6) is 0 Å². The number of hydrogen-bond acceptors (Lipinski definition) is 6. The molecule has 1 atom stereocenters. The highest BCUT2D eigenvalue weighted by atomic mass is 16.5. The fourth-order valence-electron chi connectivity index (χ4n) is 2.94. The van der Waals surface area contributed by atoms with E-state index in [0.717, 1.165) is 24.4 Å². The summed E-state index contributed by atoms with van der Waals surface area (Å²) in [5, 5.41) is 11.2. The molecule has 1 aliphatic carbocycles. The molecule has 8 nitrogen and oxygen atoms in total. The van der Waals surface area contributed by atoms with Gasteiger partial charge in [-0.25, -0.2) is 0 Å². The third-order valence-corrected chi connectivity index (χ3v) is 4.43. The van der Waals surface area contributed by atoms with Crippen LogP contribution in [0.15, 0.2) is 4.52 Å². The summed E-state index contributed by atoms with van der Waals surface area (Å²) >= 11 is 0. The van der Waals surface area contributed by atoms with Gasteiger partial charge in [0.15, 0.2) is 11.6 Å². The molecule has 1 amide bonds. The Bertz CT molecular complexity index is 803. The molecule has 3 rings (SSSR count). The van der Waals surface area contributed by atoms with Gasteiger partial charge in [0.05, 0.1) is 11.3 Å². The number of aryl methyl sites for hydroxylation is 2. The summed E-state index contributed by atoms with van der Waals surface area (Å²) in [6.45, 7) is 7.40. The maximum absolute atomic E-state index is 12.2. The molecule has 0 unspecified atom stereocenters. The molecular formula is C17H23N5O3. The van der Waals surface area contributed by atoms with Crippen LogP contribution in [0.25, 0.3) is 0 Å². The van der Waals surface area contributed by atoms with Crippen molar-refractivity contribution >= 4 is 11.7 Å². The molecule has 2 heterocycles. The molecule has 2 aromatic rings. The van der Waals surface area contributed by atoms with Crippen molar-refractivity contribution in [3.8, 4) is 0 Å². The number of amides is 1. The predicted molar refractivity (Wildman–Crippen MR) is 89.2 cm³/mol. The van der Waals surface area contributed by atoms with Gasteiger partial charge in [0.1, 0.15) is 6.04 Å². The first-order chi connectivity index (χ1) is 11.9. The average Bonchev–Trinajstić information content (AvgIpc) is 3.19. The maximum Gasteiger partial charge on any atom is 0.248 e. The van der Waals surface area contributed by atoms with E-state index in [2.05, 4.69) is 20.6 Å². The van der Waals surface area contributed by atoms with Gasteiger partial charge in [0.25, 0.3) is 0 Å². The number of nitrogens with one attached hydrogen (secondary N) is 1. The van der Waals surface area contributed by atoms with Gasteiger partial charge < -0.3 is 9.84 Å². The number of carbonyl (C=O) groups excluding carboxylic acids is 2. The molecule has 25 heavy (non-hydrogen) atoms. The van der Waals surface area contributed by atoms with E-state index >= 15 is 0 Å². The van der Waals surface area contributed by atoms with Gasteiger partial charge in [-0.2, -0.15) is 10.1 Å². The molecule has 0 radical (unpaired) electrons. The largest absolute Gasteiger partial charge is 0.345 e. The summed E-state index contributed by atoms with van der Waals surface area (Å²) in [4.78, 5) is 28.2. The number of Topliss-reactive ketones (excluding diaryl/α,β-unsaturated/α-hetero) is 1. The minimum Gasteiger partial charge on any atom is -0.345 e. The second kappa shape index (κ2) is 6.78. The summed E-state index contributed by atoms with van der Waals surface area (Å²) in [6.07, 6.45) is 2.46. The van der Waals surface area contributed by atoms with Crippen LogP contribution in [0, 0.1) is 13.8 Å². The van der Waals surface area contributed by atoms with Crippen LogP contribution >= 0.6 is 0 Å². The summed E-state index contributed by atoms with van der Waals surface area (Å²) < 4.78 is 6.93. The van der Waals surface area contributed by atoms with Gasteiger partial charge in [0, 0.05) is 24.6 Å². The predicted octanol–water partition coefficient (Wildman–Crippen LogP) is 2.23. The molecule has 1 saturated carbocycles. The number of rotatable bonds is 7. The summed E-state index contributed by atoms with van der Waals surface area (Å²) in [6, 6.07) is -0.333. The van der Waals surface area contributed by atoms with E-state index in [1.807, 2.05) is 13.8 Å². The van der Waals surface area contributed by atoms with E-state index in [-0.39, 0.29) is 24.2 Å². The number of nitrogens with zero attached hydrogens (tertiary/aromatic N) is 4.